The van der Waals surface area contributed by atoms with E-state index in [1.54, 1.807) is 31.2 Å². The molecular formula is C19H23FN2O4S. The minimum Gasteiger partial charge on any atom is -0.492 e. The Balaban J connectivity index is 2.40. The Hall–Kier alpha value is -2.61. The standard InChI is InChI=1S/C19H23FN2O4S/c1-4-16(19(23)21-15-11-7-9-13-18(15)26-5-2)22(27(3,24)25)17-12-8-6-10-14(17)20/h6-13,16H,4-5H2,1-3H3,(H,21,23)/t16-/m1/s1. The van der Waals surface area contributed by atoms with Gasteiger partial charge in [-0.2, -0.15) is 0 Å². The first-order valence-electron chi connectivity index (χ1n) is 8.56. The molecule has 2 aromatic carbocycles. The van der Waals surface area contributed by atoms with Crippen molar-refractivity contribution in [3.63, 3.8) is 0 Å². The number of nitrogens with one attached hydrogen (secondary N) is 1. The van der Waals surface area contributed by atoms with E-state index in [0.29, 0.717) is 18.0 Å². The van der Waals surface area contributed by atoms with Gasteiger partial charge < -0.3 is 10.1 Å². The van der Waals surface area contributed by atoms with Crippen LogP contribution in [0.5, 0.6) is 5.75 Å². The Morgan fingerprint density at radius 1 is 1.15 bits per heavy atom. The van der Waals surface area contributed by atoms with Crippen LogP contribution in [-0.2, 0) is 14.8 Å². The van der Waals surface area contributed by atoms with Crippen molar-refractivity contribution in [2.75, 3.05) is 22.5 Å². The summed E-state index contributed by atoms with van der Waals surface area (Å²) in [5.41, 5.74) is 0.255. The number of nitrogens with zero attached hydrogens (tertiary/aromatic N) is 1. The summed E-state index contributed by atoms with van der Waals surface area (Å²) in [5.74, 6) is -0.817. The predicted molar refractivity (Wildman–Crippen MR) is 104 cm³/mol. The number of rotatable bonds is 8. The maximum Gasteiger partial charge on any atom is 0.248 e. The molecule has 1 amide bonds. The molecule has 1 N–H and O–H groups in total. The van der Waals surface area contributed by atoms with Gasteiger partial charge in [0.15, 0.2) is 0 Å². The van der Waals surface area contributed by atoms with Gasteiger partial charge in [0.05, 0.1) is 24.2 Å². The molecule has 6 nitrogen and oxygen atoms in total. The molecule has 2 aromatic rings. The molecule has 0 spiro atoms. The van der Waals surface area contributed by atoms with Crippen LogP contribution in [0.15, 0.2) is 48.5 Å². The molecule has 0 fully saturated rings. The Labute approximate surface area is 159 Å². The molecule has 0 aliphatic rings. The van der Waals surface area contributed by atoms with Crippen LogP contribution < -0.4 is 14.4 Å². The summed E-state index contributed by atoms with van der Waals surface area (Å²) in [7, 11) is -3.91. The highest BCUT2D eigenvalue weighted by Gasteiger charge is 2.33. The van der Waals surface area contributed by atoms with Crippen LogP contribution in [0.4, 0.5) is 15.8 Å². The van der Waals surface area contributed by atoms with Crippen molar-refractivity contribution >= 4 is 27.3 Å². The molecule has 0 aromatic heterocycles. The third kappa shape index (κ3) is 4.97. The van der Waals surface area contributed by atoms with Crippen molar-refractivity contribution in [1.29, 1.82) is 0 Å². The number of anilines is 2. The fourth-order valence-corrected chi connectivity index (χ4v) is 3.95. The zero-order valence-electron chi connectivity index (χ0n) is 15.5. The average molecular weight is 394 g/mol. The number of benzene rings is 2. The smallest absolute Gasteiger partial charge is 0.248 e. The summed E-state index contributed by atoms with van der Waals surface area (Å²) in [6.45, 7) is 3.89. The highest BCUT2D eigenvalue weighted by Crippen LogP contribution is 2.28. The van der Waals surface area contributed by atoms with Gasteiger partial charge in [0.1, 0.15) is 17.6 Å². The molecule has 8 heteroatoms. The van der Waals surface area contributed by atoms with E-state index >= 15 is 0 Å². The van der Waals surface area contributed by atoms with Gasteiger partial charge in [-0.3, -0.25) is 9.10 Å². The summed E-state index contributed by atoms with van der Waals surface area (Å²) in [5, 5.41) is 2.70. The number of amides is 1. The molecule has 0 saturated carbocycles. The van der Waals surface area contributed by atoms with Gasteiger partial charge in [-0.25, -0.2) is 12.8 Å². The van der Waals surface area contributed by atoms with E-state index in [2.05, 4.69) is 5.32 Å². The van der Waals surface area contributed by atoms with Crippen LogP contribution in [0.3, 0.4) is 0 Å². The van der Waals surface area contributed by atoms with E-state index < -0.39 is 27.8 Å². The van der Waals surface area contributed by atoms with Gasteiger partial charge >= 0.3 is 0 Å². The molecule has 0 aliphatic carbocycles. The van der Waals surface area contributed by atoms with Crippen LogP contribution in [0, 0.1) is 5.82 Å². The van der Waals surface area contributed by atoms with E-state index in [1.165, 1.54) is 18.2 Å². The number of para-hydroxylation sites is 3. The number of hydrogen-bond donors (Lipinski definition) is 1. The van der Waals surface area contributed by atoms with Gasteiger partial charge in [-0.1, -0.05) is 31.2 Å². The van der Waals surface area contributed by atoms with Gasteiger partial charge in [0.2, 0.25) is 15.9 Å². The second kappa shape index (κ2) is 8.85. The van der Waals surface area contributed by atoms with Gasteiger partial charge in [-0.15, -0.1) is 0 Å². The summed E-state index contributed by atoms with van der Waals surface area (Å²) in [4.78, 5) is 12.9. The highest BCUT2D eigenvalue weighted by atomic mass is 32.2. The molecular weight excluding hydrogens is 371 g/mol. The monoisotopic (exact) mass is 394 g/mol. The number of hydrogen-bond acceptors (Lipinski definition) is 4. The van der Waals surface area contributed by atoms with Gasteiger partial charge in [0, 0.05) is 0 Å². The van der Waals surface area contributed by atoms with Gasteiger partial charge in [0.25, 0.3) is 0 Å². The number of carbonyl (C=O) groups is 1. The fourth-order valence-electron chi connectivity index (χ4n) is 2.73. The maximum atomic E-state index is 14.3. The lowest BCUT2D eigenvalue weighted by atomic mass is 10.1. The first-order chi connectivity index (χ1) is 12.8. The van der Waals surface area contributed by atoms with Crippen molar-refractivity contribution in [3.05, 3.63) is 54.3 Å². The Kier molecular flexibility index (Phi) is 6.79. The first kappa shape index (κ1) is 20.7. The van der Waals surface area contributed by atoms with Gasteiger partial charge in [-0.05, 0) is 37.6 Å². The third-order valence-corrected chi connectivity index (χ3v) is 5.03. The third-order valence-electron chi connectivity index (χ3n) is 3.86. The largest absolute Gasteiger partial charge is 0.492 e. The van der Waals surface area contributed by atoms with Crippen molar-refractivity contribution < 1.29 is 22.3 Å². The lowest BCUT2D eigenvalue weighted by molar-refractivity contribution is -0.117. The zero-order valence-corrected chi connectivity index (χ0v) is 16.3. The van der Waals surface area contributed by atoms with Crippen LogP contribution >= 0.6 is 0 Å². The highest BCUT2D eigenvalue weighted by molar-refractivity contribution is 7.92. The second-order valence-corrected chi connectivity index (χ2v) is 7.71. The molecule has 0 heterocycles. The minimum absolute atomic E-state index is 0.157. The van der Waals surface area contributed by atoms with Crippen LogP contribution in [0.25, 0.3) is 0 Å². The molecule has 0 unspecified atom stereocenters. The average Bonchev–Trinajstić information content (AvgIpc) is 2.61. The Bertz CT molecular complexity index is 902. The topological polar surface area (TPSA) is 75.7 Å². The molecule has 2 rings (SSSR count). The molecule has 0 aliphatic heterocycles. The van der Waals surface area contributed by atoms with Crippen molar-refractivity contribution in [2.45, 2.75) is 26.3 Å². The van der Waals surface area contributed by atoms with E-state index in [1.807, 2.05) is 6.92 Å². The van der Waals surface area contributed by atoms with Crippen LogP contribution in [-0.4, -0.2) is 33.2 Å². The SMILES string of the molecule is CCOc1ccccc1NC(=O)[C@@H](CC)N(c1ccccc1F)S(C)(=O)=O. The summed E-state index contributed by atoms with van der Waals surface area (Å²) in [6, 6.07) is 11.2. The van der Waals surface area contributed by atoms with Crippen molar-refractivity contribution in [2.24, 2.45) is 0 Å². The number of halogens is 1. The van der Waals surface area contributed by atoms with Crippen LogP contribution in [0.2, 0.25) is 0 Å². The molecule has 1 atom stereocenters. The van der Waals surface area contributed by atoms with Crippen LogP contribution in [0.1, 0.15) is 20.3 Å². The quantitative estimate of drug-likeness (QED) is 0.745. The molecule has 146 valence electrons. The summed E-state index contributed by atoms with van der Waals surface area (Å²) in [6.07, 6.45) is 1.10. The predicted octanol–water partition coefficient (Wildman–Crippen LogP) is 3.41. The number of sulfonamides is 1. The fraction of sp³-hybridized carbons (Fsp3) is 0.316. The first-order valence-corrected chi connectivity index (χ1v) is 10.4. The lowest BCUT2D eigenvalue weighted by Crippen LogP contribution is -2.47. The molecule has 0 bridgehead atoms. The molecule has 0 saturated heterocycles. The van der Waals surface area contributed by atoms with Crippen molar-refractivity contribution in [3.8, 4) is 5.75 Å². The van der Waals surface area contributed by atoms with E-state index in [0.717, 1.165) is 16.6 Å². The maximum absolute atomic E-state index is 14.3. The normalized spacial score (nSPS) is 12.3. The number of ether oxygens (including phenoxy) is 1. The summed E-state index contributed by atoms with van der Waals surface area (Å²) < 4.78 is 45.3. The number of carbonyl (C=O) groups excluding carboxylic acids is 1. The van der Waals surface area contributed by atoms with Crippen molar-refractivity contribution in [1.82, 2.24) is 0 Å². The Morgan fingerprint density at radius 3 is 2.37 bits per heavy atom. The lowest BCUT2D eigenvalue weighted by Gasteiger charge is -2.30. The second-order valence-electron chi connectivity index (χ2n) is 5.85. The molecule has 0 radical (unpaired) electrons. The minimum atomic E-state index is -3.91. The zero-order chi connectivity index (χ0) is 20.0. The van der Waals surface area contributed by atoms with E-state index in [-0.39, 0.29) is 12.1 Å². The Morgan fingerprint density at radius 2 is 1.78 bits per heavy atom. The molecule has 27 heavy (non-hydrogen) atoms. The summed E-state index contributed by atoms with van der Waals surface area (Å²) >= 11 is 0. The van der Waals surface area contributed by atoms with E-state index in [9.17, 15) is 17.6 Å². The van der Waals surface area contributed by atoms with E-state index in [4.69, 9.17) is 4.74 Å².